The molecule has 0 radical (unpaired) electrons. The fourth-order valence-electron chi connectivity index (χ4n) is 3.59. The highest BCUT2D eigenvalue weighted by atomic mass is 16.4. The summed E-state index contributed by atoms with van der Waals surface area (Å²) in [6.45, 7) is 6.28. The number of nitrogens with one attached hydrogen (secondary N) is 1. The molecule has 0 saturated carbocycles. The number of carboxylic acid groups (broad SMARTS) is 1. The molecule has 0 bridgehead atoms. The minimum atomic E-state index is -0.887. The predicted octanol–water partition coefficient (Wildman–Crippen LogP) is 3.07. The molecule has 1 aromatic heterocycles. The molecule has 2 aromatic rings. The zero-order chi connectivity index (χ0) is 18.0. The monoisotopic (exact) mass is 340 g/mol. The number of H-pyrrole nitrogens is 1. The van der Waals surface area contributed by atoms with Gasteiger partial charge >= 0.3 is 5.97 Å². The number of benzene rings is 1. The van der Waals surface area contributed by atoms with Gasteiger partial charge in [0.15, 0.2) is 5.43 Å². The van der Waals surface area contributed by atoms with Crippen LogP contribution in [0.25, 0.3) is 0 Å². The molecule has 2 N–H and O–H groups in total. The number of aromatic nitrogens is 1. The van der Waals surface area contributed by atoms with Gasteiger partial charge in [0, 0.05) is 36.1 Å². The van der Waals surface area contributed by atoms with Crippen molar-refractivity contribution in [1.29, 1.82) is 0 Å². The van der Waals surface area contributed by atoms with E-state index < -0.39 is 5.97 Å². The van der Waals surface area contributed by atoms with Gasteiger partial charge in [-0.2, -0.15) is 0 Å². The van der Waals surface area contributed by atoms with Crippen LogP contribution in [0.4, 0.5) is 0 Å². The Morgan fingerprint density at radius 1 is 1.36 bits per heavy atom. The van der Waals surface area contributed by atoms with Crippen molar-refractivity contribution in [3.63, 3.8) is 0 Å². The molecule has 0 spiro atoms. The molecule has 25 heavy (non-hydrogen) atoms. The van der Waals surface area contributed by atoms with E-state index in [0.717, 1.165) is 54.9 Å². The molecule has 1 fully saturated rings. The van der Waals surface area contributed by atoms with Crippen molar-refractivity contribution in [2.24, 2.45) is 0 Å². The largest absolute Gasteiger partial charge is 0.478 e. The molecule has 0 amide bonds. The van der Waals surface area contributed by atoms with Gasteiger partial charge in [-0.25, -0.2) is 4.79 Å². The van der Waals surface area contributed by atoms with Gasteiger partial charge < -0.3 is 10.1 Å². The summed E-state index contributed by atoms with van der Waals surface area (Å²) in [5, 5.41) is 9.19. The second kappa shape index (κ2) is 7.23. The normalized spacial score (nSPS) is 18.2. The SMILES string of the molecule is Cc1c[nH]c(CN2CCC[C@@H](c3cccc(C(=O)O)c3)C2)c(C)c1=O. The number of aromatic carboxylic acids is 1. The number of likely N-dealkylation sites (tertiary alicyclic amines) is 1. The summed E-state index contributed by atoms with van der Waals surface area (Å²) in [4.78, 5) is 28.9. The highest BCUT2D eigenvalue weighted by Crippen LogP contribution is 2.28. The number of piperidine rings is 1. The van der Waals surface area contributed by atoms with Crippen molar-refractivity contribution in [1.82, 2.24) is 9.88 Å². The Hall–Kier alpha value is -2.40. The fraction of sp³-hybridized carbons (Fsp3) is 0.400. The van der Waals surface area contributed by atoms with E-state index in [0.29, 0.717) is 11.5 Å². The summed E-state index contributed by atoms with van der Waals surface area (Å²) >= 11 is 0. The Kier molecular flexibility index (Phi) is 5.04. The molecule has 132 valence electrons. The van der Waals surface area contributed by atoms with E-state index in [1.807, 2.05) is 26.0 Å². The maximum absolute atomic E-state index is 12.1. The van der Waals surface area contributed by atoms with Crippen molar-refractivity contribution in [3.8, 4) is 0 Å². The summed E-state index contributed by atoms with van der Waals surface area (Å²) in [6.07, 6.45) is 3.91. The van der Waals surface area contributed by atoms with Crippen molar-refractivity contribution < 1.29 is 9.90 Å². The Bertz CT molecular complexity index is 841. The molecule has 2 heterocycles. The lowest BCUT2D eigenvalue weighted by Crippen LogP contribution is -2.35. The van der Waals surface area contributed by atoms with Gasteiger partial charge in [-0.05, 0) is 56.8 Å². The molecule has 1 atom stereocenters. The lowest BCUT2D eigenvalue weighted by atomic mass is 9.89. The molecular weight excluding hydrogens is 316 g/mol. The van der Waals surface area contributed by atoms with E-state index in [4.69, 9.17) is 0 Å². The summed E-state index contributed by atoms with van der Waals surface area (Å²) in [5.74, 6) is -0.562. The van der Waals surface area contributed by atoms with Gasteiger partial charge in [0.1, 0.15) is 0 Å². The molecule has 1 aliphatic rings. The van der Waals surface area contributed by atoms with Crippen molar-refractivity contribution >= 4 is 5.97 Å². The minimum Gasteiger partial charge on any atom is -0.478 e. The number of nitrogens with zero attached hydrogens (tertiary/aromatic N) is 1. The first kappa shape index (κ1) is 17.4. The summed E-state index contributed by atoms with van der Waals surface area (Å²) < 4.78 is 0. The van der Waals surface area contributed by atoms with Crippen LogP contribution < -0.4 is 5.43 Å². The van der Waals surface area contributed by atoms with Gasteiger partial charge in [-0.1, -0.05) is 12.1 Å². The molecule has 1 saturated heterocycles. The van der Waals surface area contributed by atoms with Crippen LogP contribution in [-0.2, 0) is 6.54 Å². The number of carboxylic acids is 1. The third kappa shape index (κ3) is 3.82. The molecule has 5 nitrogen and oxygen atoms in total. The number of hydrogen-bond acceptors (Lipinski definition) is 3. The highest BCUT2D eigenvalue weighted by molar-refractivity contribution is 5.87. The topological polar surface area (TPSA) is 73.4 Å². The van der Waals surface area contributed by atoms with Crippen LogP contribution in [0.15, 0.2) is 35.3 Å². The molecule has 1 aliphatic heterocycles. The van der Waals surface area contributed by atoms with Gasteiger partial charge in [0.2, 0.25) is 0 Å². The van der Waals surface area contributed by atoms with Crippen molar-refractivity contribution in [2.45, 2.75) is 39.2 Å². The first-order valence-electron chi connectivity index (χ1n) is 8.69. The summed E-state index contributed by atoms with van der Waals surface area (Å²) in [6, 6.07) is 7.25. The average Bonchev–Trinajstić information content (AvgIpc) is 2.62. The van der Waals surface area contributed by atoms with Crippen LogP contribution in [0, 0.1) is 13.8 Å². The second-order valence-corrected chi connectivity index (χ2v) is 6.91. The first-order valence-corrected chi connectivity index (χ1v) is 8.69. The number of carbonyl (C=O) groups is 1. The first-order chi connectivity index (χ1) is 12.0. The maximum Gasteiger partial charge on any atom is 0.335 e. The molecule has 3 rings (SSSR count). The zero-order valence-electron chi connectivity index (χ0n) is 14.7. The molecule has 0 aliphatic carbocycles. The van der Waals surface area contributed by atoms with Crippen molar-refractivity contribution in [3.05, 3.63) is 68.6 Å². The third-order valence-electron chi connectivity index (χ3n) is 5.11. The lowest BCUT2D eigenvalue weighted by Gasteiger charge is -2.33. The van der Waals surface area contributed by atoms with Crippen LogP contribution in [0.5, 0.6) is 0 Å². The third-order valence-corrected chi connectivity index (χ3v) is 5.11. The van der Waals surface area contributed by atoms with Crippen LogP contribution in [0.1, 0.15) is 51.5 Å². The number of aromatic amines is 1. The van der Waals surface area contributed by atoms with Gasteiger partial charge in [0.05, 0.1) is 5.56 Å². The number of rotatable bonds is 4. The molecule has 1 aromatic carbocycles. The Morgan fingerprint density at radius 2 is 2.16 bits per heavy atom. The smallest absolute Gasteiger partial charge is 0.335 e. The van der Waals surface area contributed by atoms with Crippen LogP contribution in [0.3, 0.4) is 0 Å². The zero-order valence-corrected chi connectivity index (χ0v) is 14.7. The van der Waals surface area contributed by atoms with Crippen LogP contribution in [-0.4, -0.2) is 34.0 Å². The standard InChI is InChI=1S/C20H24N2O3/c1-13-10-21-18(14(2)19(13)23)12-22-8-4-7-17(11-22)15-5-3-6-16(9-15)20(24)25/h3,5-6,9-10,17H,4,7-8,11-12H2,1-2H3,(H,21,23)(H,24,25)/t17-/m1/s1. The van der Waals surface area contributed by atoms with Gasteiger partial charge in [-0.3, -0.25) is 9.69 Å². The number of hydrogen-bond donors (Lipinski definition) is 2. The number of aryl methyl sites for hydroxylation is 1. The van der Waals surface area contributed by atoms with Crippen molar-refractivity contribution in [2.75, 3.05) is 13.1 Å². The fourth-order valence-corrected chi connectivity index (χ4v) is 3.59. The predicted molar refractivity (Wildman–Crippen MR) is 97.2 cm³/mol. The van der Waals surface area contributed by atoms with E-state index in [-0.39, 0.29) is 5.43 Å². The van der Waals surface area contributed by atoms with Crippen LogP contribution in [0.2, 0.25) is 0 Å². The van der Waals surface area contributed by atoms with Gasteiger partial charge in [0.25, 0.3) is 0 Å². The maximum atomic E-state index is 12.1. The summed E-state index contributed by atoms with van der Waals surface area (Å²) in [5.41, 5.74) is 4.03. The van der Waals surface area contributed by atoms with E-state index in [1.165, 1.54) is 0 Å². The lowest BCUT2D eigenvalue weighted by molar-refractivity contribution is 0.0696. The summed E-state index contributed by atoms with van der Waals surface area (Å²) in [7, 11) is 0. The Labute approximate surface area is 147 Å². The van der Waals surface area contributed by atoms with E-state index in [1.54, 1.807) is 18.3 Å². The average molecular weight is 340 g/mol. The Balaban J connectivity index is 1.76. The minimum absolute atomic E-state index is 0.108. The quantitative estimate of drug-likeness (QED) is 0.897. The molecular formula is C20H24N2O3. The van der Waals surface area contributed by atoms with Gasteiger partial charge in [-0.15, -0.1) is 0 Å². The molecule has 5 heteroatoms. The second-order valence-electron chi connectivity index (χ2n) is 6.91. The van der Waals surface area contributed by atoms with E-state index in [2.05, 4.69) is 9.88 Å². The molecule has 0 unspecified atom stereocenters. The Morgan fingerprint density at radius 3 is 2.92 bits per heavy atom. The number of pyridine rings is 1. The highest BCUT2D eigenvalue weighted by Gasteiger charge is 2.23. The van der Waals surface area contributed by atoms with E-state index >= 15 is 0 Å². The van der Waals surface area contributed by atoms with E-state index in [9.17, 15) is 14.7 Å². The van der Waals surface area contributed by atoms with Crippen LogP contribution >= 0.6 is 0 Å².